The standard InChI is InChI=1S/C14H19N3O2S/c1-10-5-6-14(11(2)7-10)20(18,19)15-9-13-8-12(3)17(4)16-13/h5-8,15H,9H2,1-4H3. The predicted octanol–water partition coefficient (Wildman–Crippen LogP) is 1.82. The van der Waals surface area contributed by atoms with Crippen molar-refractivity contribution in [2.45, 2.75) is 32.2 Å². The molecule has 0 amide bonds. The Morgan fingerprint density at radius 3 is 2.45 bits per heavy atom. The van der Waals surface area contributed by atoms with Gasteiger partial charge in [0.2, 0.25) is 10.0 Å². The van der Waals surface area contributed by atoms with Gasteiger partial charge in [-0.2, -0.15) is 5.10 Å². The fourth-order valence-corrected chi connectivity index (χ4v) is 3.29. The first-order chi connectivity index (χ1) is 9.29. The molecule has 0 unspecified atom stereocenters. The zero-order chi connectivity index (χ0) is 14.9. The Bertz CT molecular complexity index is 713. The molecule has 0 radical (unpaired) electrons. The van der Waals surface area contributed by atoms with Crippen molar-refractivity contribution in [1.29, 1.82) is 0 Å². The SMILES string of the molecule is Cc1ccc(S(=O)(=O)NCc2cc(C)n(C)n2)c(C)c1. The largest absolute Gasteiger partial charge is 0.273 e. The number of rotatable bonds is 4. The van der Waals surface area contributed by atoms with Crippen molar-refractivity contribution in [2.24, 2.45) is 7.05 Å². The second kappa shape index (κ2) is 5.38. The van der Waals surface area contributed by atoms with E-state index in [4.69, 9.17) is 0 Å². The molecule has 2 aromatic rings. The van der Waals surface area contributed by atoms with Crippen LogP contribution >= 0.6 is 0 Å². The van der Waals surface area contributed by atoms with E-state index >= 15 is 0 Å². The van der Waals surface area contributed by atoms with Crippen LogP contribution < -0.4 is 4.72 Å². The summed E-state index contributed by atoms with van der Waals surface area (Å²) in [5.41, 5.74) is 3.49. The fourth-order valence-electron chi connectivity index (χ4n) is 2.07. The lowest BCUT2D eigenvalue weighted by atomic mass is 10.2. The molecular weight excluding hydrogens is 274 g/mol. The molecule has 0 saturated carbocycles. The maximum absolute atomic E-state index is 12.3. The quantitative estimate of drug-likeness (QED) is 0.935. The normalized spacial score (nSPS) is 11.8. The molecule has 0 spiro atoms. The van der Waals surface area contributed by atoms with Crippen LogP contribution in [0.5, 0.6) is 0 Å². The molecular formula is C14H19N3O2S. The summed E-state index contributed by atoms with van der Waals surface area (Å²) in [4.78, 5) is 0.316. The van der Waals surface area contributed by atoms with E-state index in [-0.39, 0.29) is 6.54 Å². The number of aromatic nitrogens is 2. The van der Waals surface area contributed by atoms with Crippen molar-refractivity contribution in [3.8, 4) is 0 Å². The average Bonchev–Trinajstić information content (AvgIpc) is 2.66. The van der Waals surface area contributed by atoms with E-state index in [9.17, 15) is 8.42 Å². The third kappa shape index (κ3) is 3.08. The van der Waals surface area contributed by atoms with Crippen LogP contribution in [0.15, 0.2) is 29.2 Å². The molecule has 0 aliphatic carbocycles. The molecule has 0 saturated heterocycles. The molecule has 6 heteroatoms. The monoisotopic (exact) mass is 293 g/mol. The molecule has 1 N–H and O–H groups in total. The molecule has 0 aliphatic heterocycles. The minimum Gasteiger partial charge on any atom is -0.273 e. The first-order valence-electron chi connectivity index (χ1n) is 6.36. The lowest BCUT2D eigenvalue weighted by molar-refractivity contribution is 0.579. The average molecular weight is 293 g/mol. The van der Waals surface area contributed by atoms with Crippen molar-refractivity contribution in [2.75, 3.05) is 0 Å². The second-order valence-corrected chi connectivity index (χ2v) is 6.73. The van der Waals surface area contributed by atoms with Crippen molar-refractivity contribution in [3.05, 3.63) is 46.8 Å². The Hall–Kier alpha value is -1.66. The van der Waals surface area contributed by atoms with Gasteiger partial charge in [0.1, 0.15) is 0 Å². The van der Waals surface area contributed by atoms with Gasteiger partial charge in [-0.05, 0) is 38.5 Å². The van der Waals surface area contributed by atoms with Crippen molar-refractivity contribution in [1.82, 2.24) is 14.5 Å². The highest BCUT2D eigenvalue weighted by Gasteiger charge is 2.17. The third-order valence-electron chi connectivity index (χ3n) is 3.23. The third-order valence-corrected chi connectivity index (χ3v) is 4.79. The molecule has 0 atom stereocenters. The first-order valence-corrected chi connectivity index (χ1v) is 7.84. The van der Waals surface area contributed by atoms with Gasteiger partial charge in [0.05, 0.1) is 17.1 Å². The van der Waals surface area contributed by atoms with E-state index < -0.39 is 10.0 Å². The van der Waals surface area contributed by atoms with Crippen LogP contribution in [-0.2, 0) is 23.6 Å². The topological polar surface area (TPSA) is 64.0 Å². The summed E-state index contributed by atoms with van der Waals surface area (Å²) in [6.07, 6.45) is 0. The molecule has 20 heavy (non-hydrogen) atoms. The number of benzene rings is 1. The summed E-state index contributed by atoms with van der Waals surface area (Å²) in [6, 6.07) is 7.16. The Morgan fingerprint density at radius 2 is 1.90 bits per heavy atom. The lowest BCUT2D eigenvalue weighted by Crippen LogP contribution is -2.24. The highest BCUT2D eigenvalue weighted by molar-refractivity contribution is 7.89. The zero-order valence-electron chi connectivity index (χ0n) is 12.1. The Labute approximate surface area is 119 Å². The molecule has 2 rings (SSSR count). The highest BCUT2D eigenvalue weighted by atomic mass is 32.2. The molecule has 1 heterocycles. The summed E-state index contributed by atoms with van der Waals surface area (Å²) in [6.45, 7) is 5.85. The molecule has 0 fully saturated rings. The maximum atomic E-state index is 12.3. The predicted molar refractivity (Wildman–Crippen MR) is 77.9 cm³/mol. The van der Waals surface area contributed by atoms with Crippen molar-refractivity contribution < 1.29 is 8.42 Å². The van der Waals surface area contributed by atoms with Gasteiger partial charge in [0.25, 0.3) is 0 Å². The van der Waals surface area contributed by atoms with E-state index in [2.05, 4.69) is 9.82 Å². The Kier molecular flexibility index (Phi) is 3.96. The van der Waals surface area contributed by atoms with Gasteiger partial charge in [-0.25, -0.2) is 13.1 Å². The second-order valence-electron chi connectivity index (χ2n) is 4.99. The van der Waals surface area contributed by atoms with Crippen molar-refractivity contribution >= 4 is 10.0 Å². The van der Waals surface area contributed by atoms with E-state index in [1.54, 1.807) is 23.7 Å². The van der Waals surface area contributed by atoms with Crippen LogP contribution in [0.2, 0.25) is 0 Å². The van der Waals surface area contributed by atoms with E-state index in [1.165, 1.54) is 0 Å². The Morgan fingerprint density at radius 1 is 1.20 bits per heavy atom. The summed E-state index contributed by atoms with van der Waals surface area (Å²) >= 11 is 0. The fraction of sp³-hybridized carbons (Fsp3) is 0.357. The van der Waals surface area contributed by atoms with Gasteiger partial charge in [-0.15, -0.1) is 0 Å². The summed E-state index contributed by atoms with van der Waals surface area (Å²) in [7, 11) is -1.68. The van der Waals surface area contributed by atoms with Crippen molar-refractivity contribution in [3.63, 3.8) is 0 Å². The van der Waals surface area contributed by atoms with Crippen LogP contribution in [0, 0.1) is 20.8 Å². The van der Waals surface area contributed by atoms with Crippen LogP contribution in [-0.4, -0.2) is 18.2 Å². The van der Waals surface area contributed by atoms with Gasteiger partial charge >= 0.3 is 0 Å². The van der Waals surface area contributed by atoms with Gasteiger partial charge in [0.15, 0.2) is 0 Å². The van der Waals surface area contributed by atoms with E-state index in [0.717, 1.165) is 16.8 Å². The highest BCUT2D eigenvalue weighted by Crippen LogP contribution is 2.16. The van der Waals surface area contributed by atoms with E-state index in [1.807, 2.05) is 33.0 Å². The molecule has 0 bridgehead atoms. The van der Waals surface area contributed by atoms with Crippen LogP contribution in [0.1, 0.15) is 22.5 Å². The zero-order valence-corrected chi connectivity index (χ0v) is 13.0. The minimum absolute atomic E-state index is 0.192. The first kappa shape index (κ1) is 14.7. The minimum atomic E-state index is -3.51. The molecule has 1 aromatic heterocycles. The van der Waals surface area contributed by atoms with Gasteiger partial charge < -0.3 is 0 Å². The maximum Gasteiger partial charge on any atom is 0.241 e. The van der Waals surface area contributed by atoms with E-state index in [0.29, 0.717) is 10.6 Å². The molecule has 0 aliphatic rings. The molecule has 1 aromatic carbocycles. The lowest BCUT2D eigenvalue weighted by Gasteiger charge is -2.09. The number of nitrogens with zero attached hydrogens (tertiary/aromatic N) is 2. The van der Waals surface area contributed by atoms with Gasteiger partial charge in [-0.3, -0.25) is 4.68 Å². The van der Waals surface area contributed by atoms with Crippen LogP contribution in [0.25, 0.3) is 0 Å². The summed E-state index contributed by atoms with van der Waals surface area (Å²) in [5.74, 6) is 0. The smallest absolute Gasteiger partial charge is 0.241 e. The van der Waals surface area contributed by atoms with Crippen LogP contribution in [0.3, 0.4) is 0 Å². The number of sulfonamides is 1. The van der Waals surface area contributed by atoms with Gasteiger partial charge in [0, 0.05) is 12.7 Å². The number of aryl methyl sites for hydroxylation is 4. The summed E-state index contributed by atoms with van der Waals surface area (Å²) < 4.78 is 28.9. The number of nitrogens with one attached hydrogen (secondary N) is 1. The Balaban J connectivity index is 2.19. The molecule has 5 nitrogen and oxygen atoms in total. The molecule has 108 valence electrons. The number of hydrogen-bond donors (Lipinski definition) is 1. The number of hydrogen-bond acceptors (Lipinski definition) is 3. The summed E-state index contributed by atoms with van der Waals surface area (Å²) in [5, 5.41) is 4.23. The van der Waals surface area contributed by atoms with Crippen LogP contribution in [0.4, 0.5) is 0 Å². The van der Waals surface area contributed by atoms with Gasteiger partial charge in [-0.1, -0.05) is 17.7 Å².